The second-order valence-corrected chi connectivity index (χ2v) is 4.11. The zero-order valence-electron chi connectivity index (χ0n) is 8.43. The number of hydrazine groups is 1. The number of nitrogens with two attached hydrogens (primary N) is 1. The van der Waals surface area contributed by atoms with Crippen LogP contribution in [-0.2, 0) is 0 Å². The van der Waals surface area contributed by atoms with Crippen molar-refractivity contribution < 1.29 is 0 Å². The van der Waals surface area contributed by atoms with Gasteiger partial charge in [-0.25, -0.2) is 4.52 Å². The number of nitrogens with zero attached hydrogens (tertiary/aromatic N) is 2. The normalized spacial score (nSPS) is 18.2. The van der Waals surface area contributed by atoms with Crippen LogP contribution in [0.2, 0.25) is 0 Å². The van der Waals surface area contributed by atoms with Crippen molar-refractivity contribution in [1.82, 2.24) is 15.0 Å². The van der Waals surface area contributed by atoms with Crippen LogP contribution in [0.4, 0.5) is 0 Å². The van der Waals surface area contributed by atoms with E-state index in [9.17, 15) is 0 Å². The van der Waals surface area contributed by atoms with Gasteiger partial charge in [0.05, 0.1) is 17.8 Å². The fourth-order valence-electron chi connectivity index (χ4n) is 2.10. The molecule has 1 aliphatic rings. The molecule has 0 saturated heterocycles. The minimum absolute atomic E-state index is 0.255. The lowest BCUT2D eigenvalue weighted by Crippen LogP contribution is -2.29. The molecule has 0 bridgehead atoms. The lowest BCUT2D eigenvalue weighted by Gasteiger charge is -2.13. The highest BCUT2D eigenvalue weighted by Gasteiger charge is 2.33. The van der Waals surface area contributed by atoms with Gasteiger partial charge in [0.15, 0.2) is 0 Å². The molecule has 2 aromatic rings. The van der Waals surface area contributed by atoms with Gasteiger partial charge in [-0.3, -0.25) is 11.3 Å². The molecule has 1 atom stereocenters. The number of nitrogens with one attached hydrogen (secondary N) is 1. The maximum atomic E-state index is 5.61. The van der Waals surface area contributed by atoms with Gasteiger partial charge in [-0.2, -0.15) is 5.10 Å². The van der Waals surface area contributed by atoms with Gasteiger partial charge in [-0.1, -0.05) is 6.07 Å². The summed E-state index contributed by atoms with van der Waals surface area (Å²) >= 11 is 0. The van der Waals surface area contributed by atoms with Gasteiger partial charge in [-0.15, -0.1) is 0 Å². The Morgan fingerprint density at radius 2 is 2.33 bits per heavy atom. The molecule has 0 aliphatic heterocycles. The van der Waals surface area contributed by atoms with E-state index < -0.39 is 0 Å². The Morgan fingerprint density at radius 1 is 1.47 bits per heavy atom. The Morgan fingerprint density at radius 3 is 3.07 bits per heavy atom. The van der Waals surface area contributed by atoms with E-state index in [4.69, 9.17) is 5.84 Å². The van der Waals surface area contributed by atoms with Crippen LogP contribution >= 0.6 is 0 Å². The van der Waals surface area contributed by atoms with Crippen LogP contribution in [-0.4, -0.2) is 9.61 Å². The van der Waals surface area contributed by atoms with E-state index in [2.05, 4.69) is 16.6 Å². The monoisotopic (exact) mass is 202 g/mol. The molecule has 1 aliphatic carbocycles. The van der Waals surface area contributed by atoms with Gasteiger partial charge < -0.3 is 0 Å². The molecule has 0 spiro atoms. The van der Waals surface area contributed by atoms with E-state index in [1.54, 1.807) is 0 Å². The van der Waals surface area contributed by atoms with E-state index in [1.807, 2.05) is 29.0 Å². The maximum Gasteiger partial charge on any atom is 0.0710 e. The Labute approximate surface area is 88.1 Å². The van der Waals surface area contributed by atoms with Crippen LogP contribution in [0.15, 0.2) is 30.6 Å². The van der Waals surface area contributed by atoms with Crippen LogP contribution in [0.1, 0.15) is 24.4 Å². The first-order valence-electron chi connectivity index (χ1n) is 5.28. The highest BCUT2D eigenvalue weighted by Crippen LogP contribution is 2.41. The summed E-state index contributed by atoms with van der Waals surface area (Å²) < 4.78 is 1.89. The van der Waals surface area contributed by atoms with Crippen LogP contribution in [0.5, 0.6) is 0 Å². The molecule has 0 radical (unpaired) electrons. The third-order valence-corrected chi connectivity index (χ3v) is 3.06. The molecule has 0 aromatic carbocycles. The molecule has 2 aromatic heterocycles. The standard InChI is InChI=1S/C11H14N4/c12-14-11(8-4-5-8)9-7-13-15-6-2-1-3-10(9)15/h1-3,6-8,11,14H,4-5,12H2. The third kappa shape index (κ3) is 1.42. The summed E-state index contributed by atoms with van der Waals surface area (Å²) in [5.41, 5.74) is 5.26. The molecule has 1 saturated carbocycles. The quantitative estimate of drug-likeness (QED) is 0.581. The molecular formula is C11H14N4. The number of hydrogen-bond acceptors (Lipinski definition) is 3. The minimum atomic E-state index is 0.255. The zero-order valence-corrected chi connectivity index (χ0v) is 8.43. The molecule has 3 N–H and O–H groups in total. The van der Waals surface area contributed by atoms with E-state index in [1.165, 1.54) is 18.4 Å². The van der Waals surface area contributed by atoms with E-state index in [0.29, 0.717) is 5.92 Å². The van der Waals surface area contributed by atoms with Gasteiger partial charge in [-0.05, 0) is 30.9 Å². The van der Waals surface area contributed by atoms with Gasteiger partial charge in [0, 0.05) is 11.8 Å². The van der Waals surface area contributed by atoms with Crippen molar-refractivity contribution in [2.24, 2.45) is 11.8 Å². The van der Waals surface area contributed by atoms with E-state index in [-0.39, 0.29) is 6.04 Å². The Bertz CT molecular complexity index is 472. The summed E-state index contributed by atoms with van der Waals surface area (Å²) in [5, 5.41) is 4.32. The average molecular weight is 202 g/mol. The summed E-state index contributed by atoms with van der Waals surface area (Å²) in [7, 11) is 0. The molecular weight excluding hydrogens is 188 g/mol. The highest BCUT2D eigenvalue weighted by molar-refractivity contribution is 5.55. The first-order chi connectivity index (χ1) is 7.40. The van der Waals surface area contributed by atoms with Crippen molar-refractivity contribution in [3.63, 3.8) is 0 Å². The van der Waals surface area contributed by atoms with Crippen molar-refractivity contribution in [3.8, 4) is 0 Å². The smallest absolute Gasteiger partial charge is 0.0710 e. The molecule has 3 rings (SSSR count). The third-order valence-electron chi connectivity index (χ3n) is 3.06. The first kappa shape index (κ1) is 8.88. The minimum Gasteiger partial charge on any atom is -0.271 e. The topological polar surface area (TPSA) is 55.3 Å². The summed E-state index contributed by atoms with van der Waals surface area (Å²) in [6, 6.07) is 6.34. The second-order valence-electron chi connectivity index (χ2n) is 4.11. The van der Waals surface area contributed by atoms with Crippen LogP contribution < -0.4 is 11.3 Å². The number of hydrogen-bond donors (Lipinski definition) is 2. The van der Waals surface area contributed by atoms with Crippen molar-refractivity contribution in [1.29, 1.82) is 0 Å². The molecule has 1 fully saturated rings. The molecule has 2 heterocycles. The molecule has 1 unspecified atom stereocenters. The Balaban J connectivity index is 2.08. The fourth-order valence-corrected chi connectivity index (χ4v) is 2.10. The number of rotatable bonds is 3. The van der Waals surface area contributed by atoms with Gasteiger partial charge in [0.2, 0.25) is 0 Å². The average Bonchev–Trinajstić information content (AvgIpc) is 3.01. The van der Waals surface area contributed by atoms with Crippen molar-refractivity contribution in [2.75, 3.05) is 0 Å². The lowest BCUT2D eigenvalue weighted by atomic mass is 10.1. The number of pyridine rings is 1. The second kappa shape index (κ2) is 3.32. The summed E-state index contributed by atoms with van der Waals surface area (Å²) in [6.45, 7) is 0. The van der Waals surface area contributed by atoms with Crippen molar-refractivity contribution in [2.45, 2.75) is 18.9 Å². The van der Waals surface area contributed by atoms with Crippen LogP contribution in [0.3, 0.4) is 0 Å². The zero-order chi connectivity index (χ0) is 10.3. The Hall–Kier alpha value is -1.39. The SMILES string of the molecule is NNC(c1cnn2ccccc12)C1CC1. The predicted octanol–water partition coefficient (Wildman–Crippen LogP) is 1.25. The first-order valence-corrected chi connectivity index (χ1v) is 5.28. The molecule has 15 heavy (non-hydrogen) atoms. The summed E-state index contributed by atoms with van der Waals surface area (Å²) in [5.74, 6) is 6.29. The molecule has 4 heteroatoms. The van der Waals surface area contributed by atoms with Crippen molar-refractivity contribution >= 4 is 5.52 Å². The Kier molecular flexibility index (Phi) is 1.97. The number of aromatic nitrogens is 2. The van der Waals surface area contributed by atoms with Crippen LogP contribution in [0.25, 0.3) is 5.52 Å². The highest BCUT2D eigenvalue weighted by atomic mass is 15.3. The fraction of sp³-hybridized carbons (Fsp3) is 0.364. The number of fused-ring (bicyclic) bond motifs is 1. The maximum absolute atomic E-state index is 5.61. The predicted molar refractivity (Wildman–Crippen MR) is 58.0 cm³/mol. The van der Waals surface area contributed by atoms with E-state index >= 15 is 0 Å². The van der Waals surface area contributed by atoms with Crippen LogP contribution in [0, 0.1) is 5.92 Å². The molecule has 78 valence electrons. The molecule has 0 amide bonds. The molecule has 4 nitrogen and oxygen atoms in total. The summed E-state index contributed by atoms with van der Waals surface area (Å²) in [4.78, 5) is 0. The van der Waals surface area contributed by atoms with E-state index in [0.717, 1.165) is 5.52 Å². The van der Waals surface area contributed by atoms with Gasteiger partial charge in [0.1, 0.15) is 0 Å². The van der Waals surface area contributed by atoms with Gasteiger partial charge in [0.25, 0.3) is 0 Å². The van der Waals surface area contributed by atoms with Gasteiger partial charge >= 0.3 is 0 Å². The largest absolute Gasteiger partial charge is 0.271 e. The lowest BCUT2D eigenvalue weighted by molar-refractivity contribution is 0.500. The summed E-state index contributed by atoms with van der Waals surface area (Å²) in [6.07, 6.45) is 6.40. The van der Waals surface area contributed by atoms with Crippen molar-refractivity contribution in [3.05, 3.63) is 36.2 Å².